The van der Waals surface area contributed by atoms with Gasteiger partial charge in [-0.1, -0.05) is 0 Å². The maximum atomic E-state index is 14.2. The number of rotatable bonds is 3. The van der Waals surface area contributed by atoms with E-state index in [-0.39, 0.29) is 29.0 Å². The van der Waals surface area contributed by atoms with Gasteiger partial charge < -0.3 is 9.47 Å². The molecule has 116 valence electrons. The van der Waals surface area contributed by atoms with E-state index in [9.17, 15) is 8.78 Å². The van der Waals surface area contributed by atoms with E-state index < -0.39 is 5.82 Å². The van der Waals surface area contributed by atoms with Crippen LogP contribution in [0.15, 0.2) is 12.1 Å². The van der Waals surface area contributed by atoms with Crippen LogP contribution in [0.3, 0.4) is 0 Å². The lowest BCUT2D eigenvalue weighted by Gasteiger charge is -2.48. The van der Waals surface area contributed by atoms with Crippen molar-refractivity contribution in [1.29, 1.82) is 0 Å². The van der Waals surface area contributed by atoms with E-state index in [1.165, 1.54) is 6.07 Å². The first-order valence-electron chi connectivity index (χ1n) is 7.30. The lowest BCUT2D eigenvalue weighted by Crippen LogP contribution is -2.50. The van der Waals surface area contributed by atoms with Gasteiger partial charge in [0.2, 0.25) is 0 Å². The topological polar surface area (TPSA) is 18.5 Å². The Hall–Kier alpha value is -0.810. The Balaban J connectivity index is 1.97. The summed E-state index contributed by atoms with van der Waals surface area (Å²) in [6, 6.07) is 2.34. The highest BCUT2D eigenvalue weighted by Crippen LogP contribution is 2.50. The smallest absolute Gasteiger partial charge is 0.165 e. The molecule has 0 aliphatic carbocycles. The minimum atomic E-state index is -0.470. The summed E-state index contributed by atoms with van der Waals surface area (Å²) in [7, 11) is 0. The Kier molecular flexibility index (Phi) is 4.14. The average Bonchev–Trinajstić information content (AvgIpc) is 2.49. The SMILES string of the molecule is CSCC[C@]1(C)OCCC2c3c(F)ccc(F)c3OCC21. The van der Waals surface area contributed by atoms with Gasteiger partial charge in [-0.3, -0.25) is 0 Å². The quantitative estimate of drug-likeness (QED) is 0.840. The zero-order valence-corrected chi connectivity index (χ0v) is 13.1. The molecule has 5 heteroatoms. The van der Waals surface area contributed by atoms with E-state index in [1.54, 1.807) is 11.8 Å². The lowest BCUT2D eigenvalue weighted by molar-refractivity contribution is -0.133. The molecule has 1 fully saturated rings. The maximum Gasteiger partial charge on any atom is 0.165 e. The van der Waals surface area contributed by atoms with Gasteiger partial charge in [-0.2, -0.15) is 11.8 Å². The third-order valence-corrected chi connectivity index (χ3v) is 5.42. The molecule has 21 heavy (non-hydrogen) atoms. The molecule has 0 spiro atoms. The summed E-state index contributed by atoms with van der Waals surface area (Å²) in [6.45, 7) is 3.05. The molecule has 0 saturated carbocycles. The Bertz CT molecular complexity index is 537. The zero-order valence-electron chi connectivity index (χ0n) is 12.3. The van der Waals surface area contributed by atoms with Crippen LogP contribution in [0.4, 0.5) is 8.78 Å². The van der Waals surface area contributed by atoms with Gasteiger partial charge in [-0.25, -0.2) is 8.78 Å². The number of thioether (sulfide) groups is 1. The number of ether oxygens (including phenoxy) is 2. The molecular formula is C16H20F2O2S. The van der Waals surface area contributed by atoms with E-state index in [0.29, 0.717) is 18.8 Å². The molecule has 3 rings (SSSR count). The fourth-order valence-electron chi connectivity index (χ4n) is 3.57. The van der Waals surface area contributed by atoms with Crippen LogP contribution in [-0.4, -0.2) is 30.8 Å². The molecule has 0 amide bonds. The number of hydrogen-bond donors (Lipinski definition) is 0. The Labute approximate surface area is 128 Å². The first-order chi connectivity index (χ1) is 10.1. The van der Waals surface area contributed by atoms with Gasteiger partial charge in [0, 0.05) is 24.0 Å². The van der Waals surface area contributed by atoms with Gasteiger partial charge in [-0.15, -0.1) is 0 Å². The van der Waals surface area contributed by atoms with E-state index in [1.807, 2.05) is 0 Å². The van der Waals surface area contributed by atoms with Crippen LogP contribution in [0.2, 0.25) is 0 Å². The van der Waals surface area contributed by atoms with Gasteiger partial charge >= 0.3 is 0 Å². The van der Waals surface area contributed by atoms with Crippen LogP contribution < -0.4 is 4.74 Å². The van der Waals surface area contributed by atoms with Gasteiger partial charge in [0.15, 0.2) is 11.6 Å². The fraction of sp³-hybridized carbons (Fsp3) is 0.625. The third kappa shape index (κ3) is 2.55. The number of benzene rings is 1. The first-order valence-corrected chi connectivity index (χ1v) is 8.70. The molecule has 1 aromatic carbocycles. The van der Waals surface area contributed by atoms with Gasteiger partial charge in [0.25, 0.3) is 0 Å². The van der Waals surface area contributed by atoms with Gasteiger partial charge in [-0.05, 0) is 43.9 Å². The molecule has 1 aromatic rings. The number of halogens is 2. The highest BCUT2D eigenvalue weighted by atomic mass is 32.2. The van der Waals surface area contributed by atoms with E-state index in [2.05, 4.69) is 13.2 Å². The number of fused-ring (bicyclic) bond motifs is 3. The summed E-state index contributed by atoms with van der Waals surface area (Å²) in [5.74, 6) is 0.299. The molecule has 0 aromatic heterocycles. The second-order valence-electron chi connectivity index (χ2n) is 5.99. The summed E-state index contributed by atoms with van der Waals surface area (Å²) in [6.07, 6.45) is 3.67. The summed E-state index contributed by atoms with van der Waals surface area (Å²) in [5.41, 5.74) is 0.0764. The minimum absolute atomic E-state index is 0.0231. The van der Waals surface area contributed by atoms with Crippen molar-refractivity contribution in [3.8, 4) is 5.75 Å². The molecule has 2 aliphatic heterocycles. The number of hydrogen-bond acceptors (Lipinski definition) is 3. The van der Waals surface area contributed by atoms with Crippen molar-refractivity contribution in [2.24, 2.45) is 5.92 Å². The van der Waals surface area contributed by atoms with Gasteiger partial charge in [0.1, 0.15) is 5.82 Å². The van der Waals surface area contributed by atoms with Crippen molar-refractivity contribution in [3.05, 3.63) is 29.3 Å². The third-order valence-electron chi connectivity index (χ3n) is 4.81. The molecular weight excluding hydrogens is 294 g/mol. The second-order valence-corrected chi connectivity index (χ2v) is 6.97. The molecule has 2 nitrogen and oxygen atoms in total. The Morgan fingerprint density at radius 2 is 2.10 bits per heavy atom. The first kappa shape index (κ1) is 15.1. The van der Waals surface area contributed by atoms with Crippen LogP contribution in [0, 0.1) is 17.6 Å². The van der Waals surface area contributed by atoms with Crippen molar-refractivity contribution in [1.82, 2.24) is 0 Å². The van der Waals surface area contributed by atoms with Gasteiger partial charge in [0.05, 0.1) is 12.2 Å². The molecule has 1 saturated heterocycles. The van der Waals surface area contributed by atoms with Crippen molar-refractivity contribution >= 4 is 11.8 Å². The van der Waals surface area contributed by atoms with E-state index in [4.69, 9.17) is 9.47 Å². The standard InChI is InChI=1S/C16H20F2O2S/c1-16(6-8-21-2)11-9-19-15-13(18)4-3-12(17)14(15)10(11)5-7-20-16/h3-4,10-11H,5-9H2,1-2H3/t10?,11?,16-/m0/s1. The predicted molar refractivity (Wildman–Crippen MR) is 80.1 cm³/mol. The Morgan fingerprint density at radius 1 is 1.33 bits per heavy atom. The van der Waals surface area contributed by atoms with Crippen LogP contribution in [0.5, 0.6) is 5.75 Å². The fourth-order valence-corrected chi connectivity index (χ4v) is 4.18. The highest BCUT2D eigenvalue weighted by Gasteiger charge is 2.48. The molecule has 3 atom stereocenters. The summed E-state index contributed by atoms with van der Waals surface area (Å²) < 4.78 is 39.7. The van der Waals surface area contributed by atoms with Crippen molar-refractivity contribution in [3.63, 3.8) is 0 Å². The molecule has 2 heterocycles. The van der Waals surface area contributed by atoms with Crippen LogP contribution in [-0.2, 0) is 4.74 Å². The van der Waals surface area contributed by atoms with Crippen molar-refractivity contribution in [2.45, 2.75) is 31.3 Å². The second kappa shape index (κ2) is 5.76. The van der Waals surface area contributed by atoms with E-state index in [0.717, 1.165) is 24.7 Å². The average molecular weight is 314 g/mol. The molecule has 0 radical (unpaired) electrons. The molecule has 0 bridgehead atoms. The van der Waals surface area contributed by atoms with Crippen molar-refractivity contribution < 1.29 is 18.3 Å². The van der Waals surface area contributed by atoms with Crippen molar-refractivity contribution in [2.75, 3.05) is 25.2 Å². The zero-order chi connectivity index (χ0) is 15.0. The predicted octanol–water partition coefficient (Wildman–Crippen LogP) is 3.99. The molecule has 2 unspecified atom stereocenters. The summed E-state index contributed by atoms with van der Waals surface area (Å²) >= 11 is 1.77. The minimum Gasteiger partial charge on any atom is -0.490 e. The molecule has 0 N–H and O–H groups in total. The monoisotopic (exact) mass is 314 g/mol. The van der Waals surface area contributed by atoms with Crippen LogP contribution in [0.1, 0.15) is 31.2 Å². The largest absolute Gasteiger partial charge is 0.490 e. The maximum absolute atomic E-state index is 14.2. The highest BCUT2D eigenvalue weighted by molar-refractivity contribution is 7.98. The molecule has 2 aliphatic rings. The Morgan fingerprint density at radius 3 is 2.86 bits per heavy atom. The summed E-state index contributed by atoms with van der Waals surface area (Å²) in [4.78, 5) is 0. The summed E-state index contributed by atoms with van der Waals surface area (Å²) in [5, 5.41) is 0. The van der Waals surface area contributed by atoms with Crippen LogP contribution in [0.25, 0.3) is 0 Å². The normalized spacial score (nSPS) is 31.2. The lowest BCUT2D eigenvalue weighted by atomic mass is 9.70. The van der Waals surface area contributed by atoms with Crippen LogP contribution >= 0.6 is 11.8 Å². The van der Waals surface area contributed by atoms with E-state index >= 15 is 0 Å².